The lowest BCUT2D eigenvalue weighted by atomic mass is 10.0. The summed E-state index contributed by atoms with van der Waals surface area (Å²) in [5.74, 6) is 1.36. The lowest BCUT2D eigenvalue weighted by Crippen LogP contribution is -2.36. The van der Waals surface area contributed by atoms with Gasteiger partial charge in [-0.05, 0) is 36.6 Å². The van der Waals surface area contributed by atoms with Crippen molar-refractivity contribution in [2.75, 3.05) is 24.3 Å². The van der Waals surface area contributed by atoms with E-state index in [9.17, 15) is 4.79 Å². The van der Waals surface area contributed by atoms with Gasteiger partial charge in [-0.1, -0.05) is 30.0 Å². The number of hydrogen-bond acceptors (Lipinski definition) is 5. The van der Waals surface area contributed by atoms with Crippen molar-refractivity contribution in [2.24, 2.45) is 0 Å². The molecule has 0 N–H and O–H groups in total. The van der Waals surface area contributed by atoms with Gasteiger partial charge in [-0.2, -0.15) is 0 Å². The number of fused-ring (bicyclic) bond motifs is 2. The number of aryl methyl sites for hydroxylation is 1. The van der Waals surface area contributed by atoms with Crippen molar-refractivity contribution in [3.63, 3.8) is 0 Å². The van der Waals surface area contributed by atoms with E-state index >= 15 is 0 Å². The molecule has 0 saturated carbocycles. The Morgan fingerprint density at radius 3 is 3.08 bits per heavy atom. The lowest BCUT2D eigenvalue weighted by molar-refractivity contribution is -0.116. The molecule has 0 fully saturated rings. The molecule has 0 radical (unpaired) electrons. The summed E-state index contributed by atoms with van der Waals surface area (Å²) >= 11 is 3.13. The van der Waals surface area contributed by atoms with Gasteiger partial charge in [-0.3, -0.25) is 4.79 Å². The Morgan fingerprint density at radius 1 is 1.32 bits per heavy atom. The van der Waals surface area contributed by atoms with E-state index in [-0.39, 0.29) is 5.91 Å². The van der Waals surface area contributed by atoms with E-state index in [0.29, 0.717) is 5.75 Å². The molecule has 6 heteroatoms. The van der Waals surface area contributed by atoms with Crippen LogP contribution in [0.1, 0.15) is 12.0 Å². The largest absolute Gasteiger partial charge is 0.497 e. The van der Waals surface area contributed by atoms with Crippen LogP contribution < -0.4 is 9.64 Å². The number of thiazole rings is 1. The third-order valence-corrected chi connectivity index (χ3v) is 6.47. The normalized spacial score (nSPS) is 13.7. The van der Waals surface area contributed by atoms with Crippen LogP contribution in [0.25, 0.3) is 10.2 Å². The molecular formula is C19H18N2O2S2. The zero-order chi connectivity index (χ0) is 17.2. The average molecular weight is 370 g/mol. The van der Waals surface area contributed by atoms with E-state index in [1.807, 2.05) is 41.3 Å². The Morgan fingerprint density at radius 2 is 2.20 bits per heavy atom. The Hall–Kier alpha value is -2.05. The van der Waals surface area contributed by atoms with Crippen LogP contribution in [0.15, 0.2) is 46.8 Å². The second kappa shape index (κ2) is 7.06. The fourth-order valence-corrected chi connectivity index (χ4v) is 4.99. The standard InChI is InChI=1S/C19H18N2O2S2/c1-23-14-8-9-17-15(11-14)20-19(25-17)24-12-18(22)21-10-4-6-13-5-2-3-7-16(13)21/h2-3,5,7-9,11H,4,6,10,12H2,1H3. The maximum atomic E-state index is 12.7. The van der Waals surface area contributed by atoms with E-state index in [0.717, 1.165) is 45.4 Å². The third kappa shape index (κ3) is 3.37. The topological polar surface area (TPSA) is 42.4 Å². The lowest BCUT2D eigenvalue weighted by Gasteiger charge is -2.29. The number of benzene rings is 2. The molecule has 0 aliphatic carbocycles. The first-order chi connectivity index (χ1) is 12.2. The van der Waals surface area contributed by atoms with Gasteiger partial charge in [0.2, 0.25) is 5.91 Å². The molecule has 1 aliphatic rings. The van der Waals surface area contributed by atoms with Crippen LogP contribution in [0.4, 0.5) is 5.69 Å². The van der Waals surface area contributed by atoms with E-state index in [1.54, 1.807) is 18.4 Å². The molecule has 1 amide bonds. The molecule has 0 spiro atoms. The molecular weight excluding hydrogens is 352 g/mol. The minimum atomic E-state index is 0.147. The number of nitrogens with zero attached hydrogens (tertiary/aromatic N) is 2. The highest BCUT2D eigenvalue weighted by molar-refractivity contribution is 8.01. The van der Waals surface area contributed by atoms with Crippen molar-refractivity contribution < 1.29 is 9.53 Å². The van der Waals surface area contributed by atoms with Crippen molar-refractivity contribution >= 4 is 44.9 Å². The van der Waals surface area contributed by atoms with Crippen molar-refractivity contribution in [3.05, 3.63) is 48.0 Å². The first kappa shape index (κ1) is 16.4. The van der Waals surface area contributed by atoms with Crippen LogP contribution in [-0.2, 0) is 11.2 Å². The number of carbonyl (C=O) groups excluding carboxylic acids is 1. The molecule has 1 aromatic heterocycles. The Labute approximate surface area is 154 Å². The van der Waals surface area contributed by atoms with Crippen LogP contribution >= 0.6 is 23.1 Å². The molecule has 2 heterocycles. The zero-order valence-corrected chi connectivity index (χ0v) is 15.5. The number of ether oxygens (including phenoxy) is 1. The molecule has 0 unspecified atom stereocenters. The summed E-state index contributed by atoms with van der Waals surface area (Å²) in [6.07, 6.45) is 2.07. The second-order valence-corrected chi connectivity index (χ2v) is 8.13. The maximum Gasteiger partial charge on any atom is 0.237 e. The molecule has 25 heavy (non-hydrogen) atoms. The number of aromatic nitrogens is 1. The fourth-order valence-electron chi connectivity index (χ4n) is 3.07. The zero-order valence-electron chi connectivity index (χ0n) is 13.9. The number of amides is 1. The fraction of sp³-hybridized carbons (Fsp3) is 0.263. The molecule has 0 bridgehead atoms. The summed E-state index contributed by atoms with van der Waals surface area (Å²) in [5.41, 5.74) is 3.25. The minimum absolute atomic E-state index is 0.147. The number of anilines is 1. The predicted molar refractivity (Wildman–Crippen MR) is 104 cm³/mol. The van der Waals surface area contributed by atoms with Gasteiger partial charge < -0.3 is 9.64 Å². The molecule has 4 rings (SSSR count). The van der Waals surface area contributed by atoms with E-state index < -0.39 is 0 Å². The van der Waals surface area contributed by atoms with Crippen molar-refractivity contribution in [2.45, 2.75) is 17.2 Å². The highest BCUT2D eigenvalue weighted by Gasteiger charge is 2.22. The van der Waals surface area contributed by atoms with Crippen molar-refractivity contribution in [1.29, 1.82) is 0 Å². The SMILES string of the molecule is COc1ccc2sc(SCC(=O)N3CCCc4ccccc43)nc2c1. The Balaban J connectivity index is 1.47. The Kier molecular flexibility index (Phi) is 4.63. The van der Waals surface area contributed by atoms with Gasteiger partial charge in [0.05, 0.1) is 23.1 Å². The summed E-state index contributed by atoms with van der Waals surface area (Å²) in [6.45, 7) is 0.799. The van der Waals surface area contributed by atoms with Gasteiger partial charge in [0.25, 0.3) is 0 Å². The summed E-state index contributed by atoms with van der Waals surface area (Å²) in [7, 11) is 1.65. The van der Waals surface area contributed by atoms with Crippen molar-refractivity contribution in [1.82, 2.24) is 4.98 Å². The molecule has 4 nitrogen and oxygen atoms in total. The van der Waals surface area contributed by atoms with Gasteiger partial charge in [-0.15, -0.1) is 11.3 Å². The van der Waals surface area contributed by atoms with Crippen LogP contribution in [0.5, 0.6) is 5.75 Å². The number of rotatable bonds is 4. The maximum absolute atomic E-state index is 12.7. The van der Waals surface area contributed by atoms with Crippen LogP contribution in [0.2, 0.25) is 0 Å². The summed E-state index contributed by atoms with van der Waals surface area (Å²) < 4.78 is 7.27. The average Bonchev–Trinajstić information content (AvgIpc) is 3.07. The smallest absolute Gasteiger partial charge is 0.237 e. The molecule has 0 saturated heterocycles. The van der Waals surface area contributed by atoms with Gasteiger partial charge in [0, 0.05) is 18.3 Å². The van der Waals surface area contributed by atoms with Gasteiger partial charge >= 0.3 is 0 Å². The molecule has 1 aliphatic heterocycles. The van der Waals surface area contributed by atoms with E-state index in [4.69, 9.17) is 4.74 Å². The van der Waals surface area contributed by atoms with E-state index in [2.05, 4.69) is 11.1 Å². The summed E-state index contributed by atoms with van der Waals surface area (Å²) in [5, 5.41) is 0. The van der Waals surface area contributed by atoms with Crippen molar-refractivity contribution in [3.8, 4) is 5.75 Å². The Bertz CT molecular complexity index is 923. The number of hydrogen-bond donors (Lipinski definition) is 0. The number of methoxy groups -OCH3 is 1. The third-order valence-electron chi connectivity index (χ3n) is 4.31. The van der Waals surface area contributed by atoms with Crippen LogP contribution in [0, 0.1) is 0 Å². The highest BCUT2D eigenvalue weighted by atomic mass is 32.2. The minimum Gasteiger partial charge on any atom is -0.497 e. The molecule has 128 valence electrons. The summed E-state index contributed by atoms with van der Waals surface area (Å²) in [4.78, 5) is 19.2. The number of carbonyl (C=O) groups is 1. The monoisotopic (exact) mass is 370 g/mol. The van der Waals surface area contributed by atoms with Gasteiger partial charge in [0.15, 0.2) is 4.34 Å². The first-order valence-electron chi connectivity index (χ1n) is 8.20. The van der Waals surface area contributed by atoms with Gasteiger partial charge in [-0.25, -0.2) is 4.98 Å². The van der Waals surface area contributed by atoms with Crippen LogP contribution in [0.3, 0.4) is 0 Å². The van der Waals surface area contributed by atoms with E-state index in [1.165, 1.54) is 17.3 Å². The first-order valence-corrected chi connectivity index (χ1v) is 10.0. The molecule has 2 aromatic carbocycles. The highest BCUT2D eigenvalue weighted by Crippen LogP contribution is 2.33. The number of para-hydroxylation sites is 1. The molecule has 0 atom stereocenters. The van der Waals surface area contributed by atoms with Gasteiger partial charge in [0.1, 0.15) is 5.75 Å². The number of thioether (sulfide) groups is 1. The quantitative estimate of drug-likeness (QED) is 0.639. The predicted octanol–water partition coefficient (Wildman–Crippen LogP) is 4.38. The van der Waals surface area contributed by atoms with Crippen LogP contribution in [-0.4, -0.2) is 30.3 Å². The molecule has 3 aromatic rings. The summed E-state index contributed by atoms with van der Waals surface area (Å²) in [6, 6.07) is 14.1. The second-order valence-electron chi connectivity index (χ2n) is 5.88.